The Morgan fingerprint density at radius 1 is 1.12 bits per heavy atom. The molecule has 1 aromatic heterocycles. The van der Waals surface area contributed by atoms with Crippen molar-refractivity contribution in [1.29, 1.82) is 0 Å². The summed E-state index contributed by atoms with van der Waals surface area (Å²) in [6.07, 6.45) is 1.70. The first-order chi connectivity index (χ1) is 8.25. The molecule has 0 aliphatic heterocycles. The average Bonchev–Trinajstić information content (AvgIpc) is 2.34. The molecule has 0 saturated carbocycles. The molecule has 0 bridgehead atoms. The lowest BCUT2D eigenvalue weighted by Gasteiger charge is -2.07. The van der Waals surface area contributed by atoms with Crippen LogP contribution in [-0.2, 0) is 6.54 Å². The van der Waals surface area contributed by atoms with E-state index in [9.17, 15) is 9.18 Å². The summed E-state index contributed by atoms with van der Waals surface area (Å²) in [5.74, 6) is 0.298. The highest BCUT2D eigenvalue weighted by Crippen LogP contribution is 2.10. The first-order valence-electron chi connectivity index (χ1n) is 5.29. The predicted octanol–water partition coefficient (Wildman–Crippen LogP) is 2.07. The zero-order valence-corrected chi connectivity index (χ0v) is 9.17. The topological polar surface area (TPSA) is 31.2 Å². The normalized spacial score (nSPS) is 10.2. The van der Waals surface area contributed by atoms with Gasteiger partial charge in [-0.05, 0) is 30.3 Å². The van der Waals surface area contributed by atoms with E-state index in [0.29, 0.717) is 18.9 Å². The number of hydrogen-bond acceptors (Lipinski definition) is 2. The maximum Gasteiger partial charge on any atom is 0.250 e. The summed E-state index contributed by atoms with van der Waals surface area (Å²) in [4.78, 5) is 11.4. The number of nitrogens with zero attached hydrogens (tertiary/aromatic N) is 1. The molecule has 2 aromatic rings. The number of rotatable bonds is 4. The molecular weight excluding hydrogens is 221 g/mol. The van der Waals surface area contributed by atoms with Crippen LogP contribution < -0.4 is 10.3 Å². The summed E-state index contributed by atoms with van der Waals surface area (Å²) >= 11 is 0. The Morgan fingerprint density at radius 2 is 1.88 bits per heavy atom. The zero-order chi connectivity index (χ0) is 12.1. The van der Waals surface area contributed by atoms with Crippen molar-refractivity contribution in [2.45, 2.75) is 6.54 Å². The van der Waals surface area contributed by atoms with Crippen molar-refractivity contribution < 1.29 is 9.13 Å². The van der Waals surface area contributed by atoms with Gasteiger partial charge in [-0.2, -0.15) is 0 Å². The van der Waals surface area contributed by atoms with Gasteiger partial charge < -0.3 is 9.30 Å². The van der Waals surface area contributed by atoms with Gasteiger partial charge in [-0.3, -0.25) is 4.79 Å². The van der Waals surface area contributed by atoms with Gasteiger partial charge in [-0.1, -0.05) is 6.07 Å². The zero-order valence-electron chi connectivity index (χ0n) is 9.17. The van der Waals surface area contributed by atoms with Crippen LogP contribution in [0.5, 0.6) is 5.75 Å². The second-order valence-electron chi connectivity index (χ2n) is 3.53. The Kier molecular flexibility index (Phi) is 3.55. The van der Waals surface area contributed by atoms with Crippen LogP contribution in [0.15, 0.2) is 53.5 Å². The van der Waals surface area contributed by atoms with Gasteiger partial charge in [0.2, 0.25) is 0 Å². The molecule has 3 nitrogen and oxygen atoms in total. The van der Waals surface area contributed by atoms with Crippen LogP contribution in [0.1, 0.15) is 0 Å². The van der Waals surface area contributed by atoms with Gasteiger partial charge in [0, 0.05) is 12.3 Å². The van der Waals surface area contributed by atoms with Crippen molar-refractivity contribution in [2.24, 2.45) is 0 Å². The van der Waals surface area contributed by atoms with Crippen LogP contribution in [0, 0.1) is 5.82 Å². The van der Waals surface area contributed by atoms with E-state index in [-0.39, 0.29) is 11.4 Å². The average molecular weight is 233 g/mol. The second-order valence-corrected chi connectivity index (χ2v) is 3.53. The van der Waals surface area contributed by atoms with Gasteiger partial charge in [0.25, 0.3) is 5.56 Å². The summed E-state index contributed by atoms with van der Waals surface area (Å²) in [6.45, 7) is 0.840. The number of hydrogen-bond donors (Lipinski definition) is 0. The van der Waals surface area contributed by atoms with Crippen molar-refractivity contribution in [3.63, 3.8) is 0 Å². The Bertz CT molecular complexity index is 534. The highest BCUT2D eigenvalue weighted by atomic mass is 19.1. The van der Waals surface area contributed by atoms with E-state index >= 15 is 0 Å². The molecule has 1 aromatic carbocycles. The fourth-order valence-corrected chi connectivity index (χ4v) is 1.44. The molecule has 1 heterocycles. The second kappa shape index (κ2) is 5.30. The molecule has 0 radical (unpaired) electrons. The summed E-state index contributed by atoms with van der Waals surface area (Å²) in [7, 11) is 0. The number of halogens is 1. The maximum atomic E-state index is 12.6. The third-order valence-electron chi connectivity index (χ3n) is 2.31. The van der Waals surface area contributed by atoms with E-state index in [1.54, 1.807) is 35.0 Å². The van der Waals surface area contributed by atoms with E-state index in [0.717, 1.165) is 0 Å². The van der Waals surface area contributed by atoms with Gasteiger partial charge in [-0.25, -0.2) is 4.39 Å². The molecule has 2 rings (SSSR count). The van der Waals surface area contributed by atoms with E-state index in [1.165, 1.54) is 18.2 Å². The third-order valence-corrected chi connectivity index (χ3v) is 2.31. The number of benzene rings is 1. The quantitative estimate of drug-likeness (QED) is 0.809. The fourth-order valence-electron chi connectivity index (χ4n) is 1.44. The summed E-state index contributed by atoms with van der Waals surface area (Å²) in [5, 5.41) is 0. The first kappa shape index (κ1) is 11.4. The molecule has 0 saturated heterocycles. The molecule has 4 heteroatoms. The molecular formula is C13H12FNO2. The third kappa shape index (κ3) is 3.17. The monoisotopic (exact) mass is 233 g/mol. The summed E-state index contributed by atoms with van der Waals surface area (Å²) in [5.41, 5.74) is -0.0600. The lowest BCUT2D eigenvalue weighted by atomic mass is 10.3. The molecule has 0 unspecified atom stereocenters. The van der Waals surface area contributed by atoms with Crippen molar-refractivity contribution >= 4 is 0 Å². The van der Waals surface area contributed by atoms with E-state index in [1.807, 2.05) is 0 Å². The smallest absolute Gasteiger partial charge is 0.250 e. The van der Waals surface area contributed by atoms with E-state index in [4.69, 9.17) is 4.74 Å². The summed E-state index contributed by atoms with van der Waals surface area (Å²) in [6, 6.07) is 10.8. The fraction of sp³-hybridized carbons (Fsp3) is 0.154. The Labute approximate surface area is 98.1 Å². The molecule has 88 valence electrons. The molecule has 0 aliphatic carbocycles. The van der Waals surface area contributed by atoms with Crippen LogP contribution in [0.3, 0.4) is 0 Å². The molecule has 0 amide bonds. The lowest BCUT2D eigenvalue weighted by Crippen LogP contribution is -2.21. The number of pyridine rings is 1. The maximum absolute atomic E-state index is 12.6. The van der Waals surface area contributed by atoms with E-state index in [2.05, 4.69) is 0 Å². The van der Waals surface area contributed by atoms with Crippen molar-refractivity contribution in [1.82, 2.24) is 4.57 Å². The van der Waals surface area contributed by atoms with Gasteiger partial charge in [0.05, 0.1) is 6.54 Å². The van der Waals surface area contributed by atoms with Gasteiger partial charge >= 0.3 is 0 Å². The van der Waals surface area contributed by atoms with Crippen LogP contribution in [0.2, 0.25) is 0 Å². The minimum Gasteiger partial charge on any atom is -0.492 e. The van der Waals surface area contributed by atoms with Crippen molar-refractivity contribution in [2.75, 3.05) is 6.61 Å². The SMILES string of the molecule is O=c1ccccn1CCOc1ccc(F)cc1. The van der Waals surface area contributed by atoms with E-state index < -0.39 is 0 Å². The molecule has 0 fully saturated rings. The molecule has 0 N–H and O–H groups in total. The number of ether oxygens (including phenoxy) is 1. The first-order valence-corrected chi connectivity index (χ1v) is 5.29. The Morgan fingerprint density at radius 3 is 2.59 bits per heavy atom. The van der Waals surface area contributed by atoms with Crippen LogP contribution >= 0.6 is 0 Å². The lowest BCUT2D eigenvalue weighted by molar-refractivity contribution is 0.296. The van der Waals surface area contributed by atoms with Gasteiger partial charge in [-0.15, -0.1) is 0 Å². The molecule has 0 spiro atoms. The minimum absolute atomic E-state index is 0.0600. The van der Waals surface area contributed by atoms with Crippen LogP contribution in [0.4, 0.5) is 4.39 Å². The minimum atomic E-state index is -0.295. The summed E-state index contributed by atoms with van der Waals surface area (Å²) < 4.78 is 19.6. The van der Waals surface area contributed by atoms with Gasteiger partial charge in [0.15, 0.2) is 0 Å². The highest BCUT2D eigenvalue weighted by molar-refractivity contribution is 5.21. The van der Waals surface area contributed by atoms with Crippen molar-refractivity contribution in [3.05, 3.63) is 64.8 Å². The highest BCUT2D eigenvalue weighted by Gasteiger charge is 1.96. The predicted molar refractivity (Wildman–Crippen MR) is 62.6 cm³/mol. The Balaban J connectivity index is 1.90. The largest absolute Gasteiger partial charge is 0.492 e. The molecule has 0 aliphatic rings. The van der Waals surface area contributed by atoms with Crippen LogP contribution in [0.25, 0.3) is 0 Å². The Hall–Kier alpha value is -2.10. The molecule has 17 heavy (non-hydrogen) atoms. The number of aromatic nitrogens is 1. The van der Waals surface area contributed by atoms with Crippen molar-refractivity contribution in [3.8, 4) is 5.75 Å². The van der Waals surface area contributed by atoms with Gasteiger partial charge in [0.1, 0.15) is 18.2 Å². The molecule has 0 atom stereocenters. The van der Waals surface area contributed by atoms with Crippen LogP contribution in [-0.4, -0.2) is 11.2 Å². The standard InChI is InChI=1S/C13H12FNO2/c14-11-4-6-12(7-5-11)17-10-9-15-8-2-1-3-13(15)16/h1-8H,9-10H2.